The summed E-state index contributed by atoms with van der Waals surface area (Å²) >= 11 is 1.13. The van der Waals surface area contributed by atoms with Crippen LogP contribution in [0.5, 0.6) is 11.5 Å². The topological polar surface area (TPSA) is 62.9 Å². The van der Waals surface area contributed by atoms with E-state index in [-0.39, 0.29) is 17.8 Å². The first-order valence-electron chi connectivity index (χ1n) is 12.8. The maximum atomic E-state index is 15.6. The van der Waals surface area contributed by atoms with E-state index in [0.717, 1.165) is 34.1 Å². The second-order valence-corrected chi connectivity index (χ2v) is 10.4. The van der Waals surface area contributed by atoms with Crippen molar-refractivity contribution in [3.8, 4) is 22.1 Å². The monoisotopic (exact) mass is 604 g/mol. The molecule has 1 unspecified atom stereocenters. The number of ether oxygens (including phenoxy) is 1. The molecule has 13 heteroatoms. The molecule has 3 heterocycles. The summed E-state index contributed by atoms with van der Waals surface area (Å²) in [5.74, 6) is -3.55. The third-order valence-electron chi connectivity index (χ3n) is 6.60. The van der Waals surface area contributed by atoms with E-state index in [0.29, 0.717) is 23.5 Å². The second-order valence-electron chi connectivity index (χ2n) is 9.50. The van der Waals surface area contributed by atoms with Gasteiger partial charge >= 0.3 is 6.18 Å². The summed E-state index contributed by atoms with van der Waals surface area (Å²) < 4.78 is 95.3. The van der Waals surface area contributed by atoms with Crippen LogP contribution in [0, 0.1) is 11.7 Å². The minimum absolute atomic E-state index is 0.0537. The fourth-order valence-corrected chi connectivity index (χ4v) is 5.40. The van der Waals surface area contributed by atoms with Crippen molar-refractivity contribution in [1.29, 1.82) is 0 Å². The van der Waals surface area contributed by atoms with E-state index in [4.69, 9.17) is 4.74 Å². The maximum absolute atomic E-state index is 15.6. The van der Waals surface area contributed by atoms with E-state index in [2.05, 4.69) is 20.5 Å². The molecule has 2 aromatic carbocycles. The Morgan fingerprint density at radius 2 is 1.93 bits per heavy atom. The second kappa shape index (κ2) is 12.4. The molecular formula is C29H24F6N5OS+. The van der Waals surface area contributed by atoms with Gasteiger partial charge in [-0.3, -0.25) is 0 Å². The molecule has 1 saturated heterocycles. The van der Waals surface area contributed by atoms with Crippen molar-refractivity contribution < 1.29 is 35.7 Å². The molecule has 0 spiro atoms. The predicted molar refractivity (Wildman–Crippen MR) is 148 cm³/mol. The van der Waals surface area contributed by atoms with Crippen molar-refractivity contribution in [2.24, 2.45) is 5.92 Å². The van der Waals surface area contributed by atoms with Crippen LogP contribution in [0.2, 0.25) is 0 Å². The number of aromatic nitrogens is 3. The number of benzene rings is 2. The van der Waals surface area contributed by atoms with Gasteiger partial charge in [0, 0.05) is 17.5 Å². The highest BCUT2D eigenvalue weighted by atomic mass is 32.1. The van der Waals surface area contributed by atoms with Gasteiger partial charge in [0.1, 0.15) is 29.7 Å². The van der Waals surface area contributed by atoms with Gasteiger partial charge in [0.25, 0.3) is 0 Å². The van der Waals surface area contributed by atoms with E-state index < -0.39 is 52.7 Å². The zero-order valence-corrected chi connectivity index (χ0v) is 22.9. The summed E-state index contributed by atoms with van der Waals surface area (Å²) in [7, 11) is 1.33. The summed E-state index contributed by atoms with van der Waals surface area (Å²) in [6, 6.07) is 8.92. The first kappa shape index (κ1) is 29.4. The number of halogens is 6. The summed E-state index contributed by atoms with van der Waals surface area (Å²) in [6.45, 7) is 0.538. The Morgan fingerprint density at radius 3 is 2.64 bits per heavy atom. The number of thiazole rings is 1. The number of alkyl halides is 4. The Labute approximate surface area is 241 Å². The van der Waals surface area contributed by atoms with Gasteiger partial charge < -0.3 is 10.1 Å². The molecular weight excluding hydrogens is 580 g/mol. The third-order valence-corrected chi connectivity index (χ3v) is 7.49. The summed E-state index contributed by atoms with van der Waals surface area (Å²) in [6.07, 6.45) is -0.797. The molecule has 0 saturated carbocycles. The van der Waals surface area contributed by atoms with Crippen molar-refractivity contribution in [2.75, 3.05) is 20.1 Å². The first-order valence-corrected chi connectivity index (χ1v) is 13.7. The molecule has 0 amide bonds. The lowest BCUT2D eigenvalue weighted by Gasteiger charge is -2.23. The Kier molecular flexibility index (Phi) is 8.69. The van der Waals surface area contributed by atoms with Gasteiger partial charge in [-0.2, -0.15) is 23.4 Å². The van der Waals surface area contributed by atoms with Crippen LogP contribution in [0.25, 0.3) is 22.5 Å². The van der Waals surface area contributed by atoms with Crippen LogP contribution in [0.15, 0.2) is 60.2 Å². The summed E-state index contributed by atoms with van der Waals surface area (Å²) in [4.78, 5) is 4.25. The van der Waals surface area contributed by atoms with Crippen LogP contribution in [-0.4, -0.2) is 52.3 Å². The van der Waals surface area contributed by atoms with Crippen molar-refractivity contribution in [3.05, 3.63) is 82.9 Å². The quantitative estimate of drug-likeness (QED) is 0.136. The predicted octanol–water partition coefficient (Wildman–Crippen LogP) is 7.31. The van der Waals surface area contributed by atoms with Crippen molar-refractivity contribution in [2.45, 2.75) is 18.8 Å². The van der Waals surface area contributed by atoms with E-state index in [1.54, 1.807) is 6.07 Å². The van der Waals surface area contributed by atoms with Gasteiger partial charge in [-0.25, -0.2) is 22.7 Å². The number of nitrogens with zero attached hydrogens (tertiary/aromatic N) is 4. The standard InChI is InChI=1S/C29H24F6N5OS/c1-40(15-19-8-10-36-14-22(19)32)27-17(12-21(31)23-16-42-28(39-23)18-9-11-37-38-13-18)6-7-25(26(27)29(33,34)35)41-24-5-3-2-4-20(24)30/h2-7,9,11-13,15-16,19,22,36H,8,10,14H2,1H3/q+1/b21-12-,40-15?/t19?,22-/m1/s1. The SMILES string of the molecule is C[N+](=CC1CCNC[C@H]1F)c1c(/C=C(\F)c2csc(-c3ccnnc3)n2)ccc(Oc2ccccc2F)c1C(F)(F)F. The van der Waals surface area contributed by atoms with E-state index in [9.17, 15) is 22.0 Å². The van der Waals surface area contributed by atoms with E-state index >= 15 is 4.39 Å². The van der Waals surface area contributed by atoms with Crippen LogP contribution in [-0.2, 0) is 6.18 Å². The zero-order valence-electron chi connectivity index (χ0n) is 22.1. The maximum Gasteiger partial charge on any atom is 0.426 e. The number of nitrogens with one attached hydrogen (secondary N) is 1. The fraction of sp³-hybridized carbons (Fsp3) is 0.241. The molecule has 0 bridgehead atoms. The molecule has 218 valence electrons. The lowest BCUT2D eigenvalue weighted by atomic mass is 9.97. The lowest BCUT2D eigenvalue weighted by Crippen LogP contribution is -2.39. The van der Waals surface area contributed by atoms with Crippen molar-refractivity contribution >= 4 is 35.1 Å². The van der Waals surface area contributed by atoms with E-state index in [1.165, 1.54) is 55.3 Å². The average molecular weight is 605 g/mol. The third kappa shape index (κ3) is 6.52. The molecule has 5 rings (SSSR count). The van der Waals surface area contributed by atoms with Crippen LogP contribution in [0.1, 0.15) is 23.2 Å². The smallest absolute Gasteiger partial charge is 0.426 e. The average Bonchev–Trinajstić information content (AvgIpc) is 3.47. The van der Waals surface area contributed by atoms with E-state index in [1.807, 2.05) is 0 Å². The first-order chi connectivity index (χ1) is 20.1. The van der Waals surface area contributed by atoms with Crippen LogP contribution in [0.3, 0.4) is 0 Å². The number of rotatable bonds is 7. The largest absolute Gasteiger partial charge is 0.453 e. The highest BCUT2D eigenvalue weighted by Gasteiger charge is 2.43. The minimum Gasteiger partial charge on any atom is -0.453 e. The Hall–Kier alpha value is -4.10. The van der Waals surface area contributed by atoms with Crippen LogP contribution >= 0.6 is 11.3 Å². The van der Waals surface area contributed by atoms with Gasteiger partial charge in [-0.05, 0) is 49.4 Å². The van der Waals surface area contributed by atoms with Gasteiger partial charge in [0.05, 0.1) is 23.9 Å². The Morgan fingerprint density at radius 1 is 1.12 bits per heavy atom. The molecule has 1 aliphatic heterocycles. The molecule has 2 atom stereocenters. The zero-order chi connectivity index (χ0) is 29.9. The van der Waals surface area contributed by atoms with Crippen molar-refractivity contribution in [3.63, 3.8) is 0 Å². The normalized spacial score (nSPS) is 18.3. The van der Waals surface area contributed by atoms with Gasteiger partial charge in [-0.15, -0.1) is 11.3 Å². The molecule has 1 fully saturated rings. The highest BCUT2D eigenvalue weighted by molar-refractivity contribution is 7.13. The van der Waals surface area contributed by atoms with Crippen LogP contribution < -0.4 is 10.1 Å². The summed E-state index contributed by atoms with van der Waals surface area (Å²) in [5, 5.41) is 12.2. The molecule has 42 heavy (non-hydrogen) atoms. The molecule has 6 nitrogen and oxygen atoms in total. The van der Waals surface area contributed by atoms with Crippen molar-refractivity contribution in [1.82, 2.24) is 20.5 Å². The summed E-state index contributed by atoms with van der Waals surface area (Å²) in [5.41, 5.74) is -1.40. The Balaban J connectivity index is 1.65. The van der Waals surface area contributed by atoms with Crippen LogP contribution in [0.4, 0.5) is 32.0 Å². The lowest BCUT2D eigenvalue weighted by molar-refractivity contribution is -0.405. The molecule has 1 N–H and O–H groups in total. The number of hydrogen-bond donors (Lipinski definition) is 1. The molecule has 1 aliphatic rings. The van der Waals surface area contributed by atoms with Gasteiger partial charge in [0.15, 0.2) is 29.2 Å². The number of hydrogen-bond acceptors (Lipinski definition) is 6. The molecule has 4 aromatic rings. The molecule has 0 aliphatic carbocycles. The number of piperidine rings is 1. The Bertz CT molecular complexity index is 1620. The van der Waals surface area contributed by atoms with Gasteiger partial charge in [-0.1, -0.05) is 12.1 Å². The molecule has 2 aromatic heterocycles. The highest BCUT2D eigenvalue weighted by Crippen LogP contribution is 2.46. The molecule has 0 radical (unpaired) electrons. The van der Waals surface area contributed by atoms with Gasteiger partial charge in [0.2, 0.25) is 5.69 Å². The fourth-order valence-electron chi connectivity index (χ4n) is 4.60. The minimum atomic E-state index is -5.01. The number of para-hydroxylation sites is 1.